The van der Waals surface area contributed by atoms with Crippen LogP contribution in [-0.4, -0.2) is 48.7 Å². The van der Waals surface area contributed by atoms with Crippen LogP contribution in [0, 0.1) is 6.92 Å². The Bertz CT molecular complexity index is 1340. The van der Waals surface area contributed by atoms with Gasteiger partial charge in [-0.3, -0.25) is 4.57 Å². The molecule has 4 aromatic rings. The van der Waals surface area contributed by atoms with Crippen molar-refractivity contribution in [2.75, 3.05) is 21.2 Å². The Balaban J connectivity index is 1.66. The first-order valence-corrected chi connectivity index (χ1v) is 12.5. The summed E-state index contributed by atoms with van der Waals surface area (Å²) in [4.78, 5) is 0. The molecule has 4 rings (SSSR count). The average molecular weight is 485 g/mol. The first-order valence-electron chi connectivity index (χ1n) is 10.1. The van der Waals surface area contributed by atoms with Gasteiger partial charge in [-0.05, 0) is 55.5 Å². The number of nitrogens with zero attached hydrogens (tertiary/aromatic N) is 4. The molecule has 2 aromatic heterocycles. The van der Waals surface area contributed by atoms with Crippen LogP contribution in [0.15, 0.2) is 75.3 Å². The zero-order valence-electron chi connectivity index (χ0n) is 18.7. The molecule has 0 saturated carbocycles. The van der Waals surface area contributed by atoms with Crippen molar-refractivity contribution in [2.45, 2.75) is 22.9 Å². The number of benzene rings is 2. The summed E-state index contributed by atoms with van der Waals surface area (Å²) in [5.41, 5.74) is 2.97. The zero-order valence-corrected chi connectivity index (χ0v) is 20.4. The number of ether oxygens (including phenoxy) is 1. The predicted molar refractivity (Wildman–Crippen MR) is 127 cm³/mol. The van der Waals surface area contributed by atoms with Gasteiger partial charge in [0, 0.05) is 25.3 Å². The summed E-state index contributed by atoms with van der Waals surface area (Å²) in [5, 5.41) is 9.43. The number of furan rings is 1. The van der Waals surface area contributed by atoms with E-state index in [4.69, 9.17) is 9.15 Å². The summed E-state index contributed by atoms with van der Waals surface area (Å²) in [6.45, 7) is 2.03. The van der Waals surface area contributed by atoms with E-state index in [1.807, 2.05) is 60.0 Å². The van der Waals surface area contributed by atoms with Crippen molar-refractivity contribution in [1.29, 1.82) is 0 Å². The van der Waals surface area contributed by atoms with Crippen molar-refractivity contribution >= 4 is 21.8 Å². The summed E-state index contributed by atoms with van der Waals surface area (Å²) >= 11 is 1.42. The maximum absolute atomic E-state index is 12.3. The molecule has 0 amide bonds. The monoisotopic (exact) mass is 484 g/mol. The van der Waals surface area contributed by atoms with Gasteiger partial charge in [-0.25, -0.2) is 12.7 Å². The molecule has 2 aromatic carbocycles. The second kappa shape index (κ2) is 9.42. The van der Waals surface area contributed by atoms with Crippen LogP contribution in [0.5, 0.6) is 5.75 Å². The molecular formula is C23H24N4O4S2. The molecular weight excluding hydrogens is 460 g/mol. The lowest BCUT2D eigenvalue weighted by atomic mass is 10.2. The van der Waals surface area contributed by atoms with Crippen LogP contribution in [0.25, 0.3) is 17.1 Å². The van der Waals surface area contributed by atoms with Gasteiger partial charge in [0.1, 0.15) is 11.5 Å². The molecule has 2 heterocycles. The van der Waals surface area contributed by atoms with Crippen LogP contribution in [0.2, 0.25) is 0 Å². The van der Waals surface area contributed by atoms with Crippen molar-refractivity contribution < 1.29 is 17.6 Å². The minimum atomic E-state index is -3.62. The van der Waals surface area contributed by atoms with Crippen molar-refractivity contribution in [3.63, 3.8) is 0 Å². The van der Waals surface area contributed by atoms with Crippen molar-refractivity contribution in [2.24, 2.45) is 0 Å². The van der Waals surface area contributed by atoms with Crippen molar-refractivity contribution in [1.82, 2.24) is 19.1 Å². The van der Waals surface area contributed by atoms with Crippen LogP contribution in [0.4, 0.5) is 0 Å². The van der Waals surface area contributed by atoms with Crippen LogP contribution in [0.1, 0.15) is 11.3 Å². The molecule has 0 unspecified atom stereocenters. The van der Waals surface area contributed by atoms with Crippen LogP contribution in [0.3, 0.4) is 0 Å². The molecule has 0 aliphatic rings. The molecule has 0 atom stereocenters. The van der Waals surface area contributed by atoms with Gasteiger partial charge < -0.3 is 9.15 Å². The molecule has 0 spiro atoms. The Morgan fingerprint density at radius 2 is 1.70 bits per heavy atom. The molecule has 8 nitrogen and oxygen atoms in total. The quantitative estimate of drug-likeness (QED) is 0.343. The van der Waals surface area contributed by atoms with Gasteiger partial charge in [-0.15, -0.1) is 10.2 Å². The third-order valence-electron chi connectivity index (χ3n) is 4.99. The van der Waals surface area contributed by atoms with Gasteiger partial charge in [0.25, 0.3) is 10.0 Å². The van der Waals surface area contributed by atoms with E-state index < -0.39 is 10.0 Å². The predicted octanol–water partition coefficient (Wildman–Crippen LogP) is 4.39. The van der Waals surface area contributed by atoms with Gasteiger partial charge in [-0.2, -0.15) is 0 Å². The summed E-state index contributed by atoms with van der Waals surface area (Å²) in [5.74, 6) is 2.38. The average Bonchev–Trinajstić information content (AvgIpc) is 3.46. The largest absolute Gasteiger partial charge is 0.497 e. The number of sulfonamides is 1. The van der Waals surface area contributed by atoms with E-state index in [-0.39, 0.29) is 5.09 Å². The summed E-state index contributed by atoms with van der Waals surface area (Å²) < 4.78 is 38.5. The van der Waals surface area contributed by atoms with Crippen LogP contribution in [-0.2, 0) is 15.8 Å². The van der Waals surface area contributed by atoms with E-state index in [1.54, 1.807) is 13.2 Å². The second-order valence-corrected chi connectivity index (χ2v) is 10.5. The number of aromatic nitrogens is 3. The summed E-state index contributed by atoms with van der Waals surface area (Å²) in [7, 11) is 0.948. The number of methoxy groups -OCH3 is 1. The Labute approximate surface area is 197 Å². The standard InChI is InChI=1S/C23H24N4O4S2/c1-16-5-9-18(10-6-16)27-22(17-7-11-19(30-4)12-8-17)24-25-23(27)32-15-20-13-14-21(31-20)33(28,29)26(2)3/h5-14H,15H2,1-4H3. The minimum Gasteiger partial charge on any atom is -0.497 e. The lowest BCUT2D eigenvalue weighted by Gasteiger charge is -2.11. The lowest BCUT2D eigenvalue weighted by molar-refractivity contribution is 0.408. The molecule has 0 radical (unpaired) electrons. The maximum atomic E-state index is 12.3. The fraction of sp³-hybridized carbons (Fsp3) is 0.217. The fourth-order valence-corrected chi connectivity index (χ4v) is 4.77. The molecule has 0 N–H and O–H groups in total. The summed E-state index contributed by atoms with van der Waals surface area (Å²) in [6, 6.07) is 18.9. The molecule has 172 valence electrons. The van der Waals surface area contributed by atoms with E-state index in [0.29, 0.717) is 22.5 Å². The Hall–Kier alpha value is -3.08. The third-order valence-corrected chi connectivity index (χ3v) is 7.63. The van der Waals surface area contributed by atoms with Crippen LogP contribution < -0.4 is 4.74 Å². The molecule has 10 heteroatoms. The van der Waals surface area contributed by atoms with Crippen molar-refractivity contribution in [3.8, 4) is 22.8 Å². The van der Waals surface area contributed by atoms with E-state index in [2.05, 4.69) is 10.2 Å². The number of hydrogen-bond acceptors (Lipinski definition) is 7. The third kappa shape index (κ3) is 4.82. The number of hydrogen-bond donors (Lipinski definition) is 0. The highest BCUT2D eigenvalue weighted by Gasteiger charge is 2.22. The highest BCUT2D eigenvalue weighted by molar-refractivity contribution is 7.98. The Morgan fingerprint density at radius 1 is 1.00 bits per heavy atom. The van der Waals surface area contributed by atoms with Crippen LogP contribution >= 0.6 is 11.8 Å². The highest BCUT2D eigenvalue weighted by atomic mass is 32.2. The Kier molecular flexibility index (Phi) is 6.59. The lowest BCUT2D eigenvalue weighted by Crippen LogP contribution is -2.21. The molecule has 0 aliphatic carbocycles. The van der Waals surface area contributed by atoms with E-state index in [9.17, 15) is 8.42 Å². The van der Waals surface area contributed by atoms with Gasteiger partial charge in [0.05, 0.1) is 12.9 Å². The smallest absolute Gasteiger partial charge is 0.275 e. The van der Waals surface area contributed by atoms with E-state index in [1.165, 1.54) is 31.9 Å². The SMILES string of the molecule is COc1ccc(-c2nnc(SCc3ccc(S(=O)(=O)N(C)C)o3)n2-c2ccc(C)cc2)cc1. The minimum absolute atomic E-state index is 0.0815. The molecule has 33 heavy (non-hydrogen) atoms. The maximum Gasteiger partial charge on any atom is 0.275 e. The van der Waals surface area contributed by atoms with Gasteiger partial charge in [-0.1, -0.05) is 29.5 Å². The van der Waals surface area contributed by atoms with Gasteiger partial charge >= 0.3 is 0 Å². The van der Waals surface area contributed by atoms with Gasteiger partial charge in [0.2, 0.25) is 5.09 Å². The number of aryl methyl sites for hydroxylation is 1. The number of thioether (sulfide) groups is 1. The zero-order chi connectivity index (χ0) is 23.6. The first-order chi connectivity index (χ1) is 15.8. The molecule has 0 bridgehead atoms. The Morgan fingerprint density at radius 3 is 2.33 bits per heavy atom. The normalized spacial score (nSPS) is 11.8. The number of rotatable bonds is 8. The fourth-order valence-electron chi connectivity index (χ4n) is 3.11. The van der Waals surface area contributed by atoms with Crippen molar-refractivity contribution in [3.05, 3.63) is 72.0 Å². The van der Waals surface area contributed by atoms with E-state index >= 15 is 0 Å². The topological polar surface area (TPSA) is 90.5 Å². The van der Waals surface area contributed by atoms with Gasteiger partial charge in [0.15, 0.2) is 11.0 Å². The highest BCUT2D eigenvalue weighted by Crippen LogP contribution is 2.31. The summed E-state index contributed by atoms with van der Waals surface area (Å²) in [6.07, 6.45) is 0. The second-order valence-electron chi connectivity index (χ2n) is 7.50. The first kappa shape index (κ1) is 23.1. The molecule has 0 fully saturated rings. The molecule has 0 aliphatic heterocycles. The molecule has 0 saturated heterocycles. The van der Waals surface area contributed by atoms with E-state index in [0.717, 1.165) is 26.9 Å².